The second-order valence-corrected chi connectivity index (χ2v) is 10.4. The van der Waals surface area contributed by atoms with Gasteiger partial charge in [0.15, 0.2) is 0 Å². The van der Waals surface area contributed by atoms with Gasteiger partial charge in [-0.3, -0.25) is 14.4 Å². The second-order valence-electron chi connectivity index (χ2n) is 10.4. The number of benzene rings is 2. The van der Waals surface area contributed by atoms with Crippen LogP contribution < -0.4 is 16.4 Å². The van der Waals surface area contributed by atoms with Crippen LogP contribution in [0.5, 0.6) is 0 Å². The molecule has 0 bridgehead atoms. The lowest BCUT2D eigenvalue weighted by Crippen LogP contribution is -2.55. The van der Waals surface area contributed by atoms with Gasteiger partial charge in [-0.1, -0.05) is 54.5 Å². The van der Waals surface area contributed by atoms with Crippen LogP contribution in [0.3, 0.4) is 0 Å². The topological polar surface area (TPSA) is 131 Å². The number of hydrogen-bond donors (Lipinski definition) is 3. The predicted octanol–water partition coefficient (Wildman–Crippen LogP) is 3.42. The molecule has 0 heterocycles. The monoisotopic (exact) mass is 534 g/mol. The predicted molar refractivity (Wildman–Crippen MR) is 149 cm³/mol. The van der Waals surface area contributed by atoms with E-state index in [2.05, 4.69) is 16.6 Å². The number of carbonyl (C=O) groups is 4. The van der Waals surface area contributed by atoms with E-state index in [0.717, 1.165) is 5.56 Å². The van der Waals surface area contributed by atoms with Crippen molar-refractivity contribution in [3.8, 4) is 12.3 Å². The first kappa shape index (κ1) is 30.9. The maximum atomic E-state index is 14.1. The third-order valence-electron chi connectivity index (χ3n) is 5.73. The highest BCUT2D eigenvalue weighted by atomic mass is 16.6. The van der Waals surface area contributed by atoms with E-state index in [1.54, 1.807) is 58.9 Å². The number of terminal acetylenes is 1. The third-order valence-corrected chi connectivity index (χ3v) is 5.73. The number of nitrogens with one attached hydrogen (secondary N) is 2. The van der Waals surface area contributed by atoms with Gasteiger partial charge in [0.1, 0.15) is 17.7 Å². The summed E-state index contributed by atoms with van der Waals surface area (Å²) in [6, 6.07) is 13.4. The average molecular weight is 535 g/mol. The van der Waals surface area contributed by atoms with Crippen LogP contribution in [0.25, 0.3) is 0 Å². The number of nitrogens with two attached hydrogens (primary N) is 1. The highest BCUT2D eigenvalue weighted by Crippen LogP contribution is 2.28. The molecule has 4 amide bonds. The van der Waals surface area contributed by atoms with Crippen LogP contribution in [0.1, 0.15) is 70.2 Å². The van der Waals surface area contributed by atoms with Gasteiger partial charge >= 0.3 is 6.09 Å². The second kappa shape index (κ2) is 14.0. The standard InChI is InChI=1S/C30H38N4O5/c1-7-22-15-11-12-16-23(22)26(27(36)32-19-21-13-9-8-10-14-21)34(20(2)3)28(37)24(17-18-25(31)35)33-29(38)39-30(4,5)6/h1,8-16,20,24,26H,17-19H2,2-6H3,(H2,31,35)(H,32,36)(H,33,38). The minimum absolute atomic E-state index is 0.0776. The summed E-state index contributed by atoms with van der Waals surface area (Å²) in [7, 11) is 0. The third kappa shape index (κ3) is 9.49. The number of primary amides is 1. The van der Waals surface area contributed by atoms with Gasteiger partial charge in [0.05, 0.1) is 0 Å². The normalized spacial score (nSPS) is 12.5. The number of nitrogens with zero attached hydrogens (tertiary/aromatic N) is 1. The quantitative estimate of drug-likeness (QED) is 0.380. The van der Waals surface area contributed by atoms with Crippen molar-refractivity contribution in [1.29, 1.82) is 0 Å². The van der Waals surface area contributed by atoms with Crippen molar-refractivity contribution in [3.05, 3.63) is 71.3 Å². The Balaban J connectivity index is 2.51. The van der Waals surface area contributed by atoms with Crippen LogP contribution in [-0.2, 0) is 25.7 Å². The van der Waals surface area contributed by atoms with Crippen LogP contribution >= 0.6 is 0 Å². The Labute approximate surface area is 230 Å². The van der Waals surface area contributed by atoms with Crippen molar-refractivity contribution in [1.82, 2.24) is 15.5 Å². The summed E-state index contributed by atoms with van der Waals surface area (Å²) >= 11 is 0. The fourth-order valence-corrected chi connectivity index (χ4v) is 4.02. The minimum atomic E-state index is -1.18. The lowest BCUT2D eigenvalue weighted by Gasteiger charge is -2.37. The van der Waals surface area contributed by atoms with Gasteiger partial charge in [-0.25, -0.2) is 4.79 Å². The smallest absolute Gasteiger partial charge is 0.408 e. The summed E-state index contributed by atoms with van der Waals surface area (Å²) in [5.41, 5.74) is 6.32. The molecule has 2 rings (SSSR count). The lowest BCUT2D eigenvalue weighted by atomic mass is 9.96. The molecule has 9 heteroatoms. The van der Waals surface area contributed by atoms with Gasteiger partial charge in [0.2, 0.25) is 17.7 Å². The Morgan fingerprint density at radius 1 is 1.03 bits per heavy atom. The van der Waals surface area contributed by atoms with Crippen LogP contribution in [0.15, 0.2) is 54.6 Å². The van der Waals surface area contributed by atoms with E-state index in [9.17, 15) is 19.2 Å². The van der Waals surface area contributed by atoms with E-state index in [0.29, 0.717) is 11.1 Å². The maximum absolute atomic E-state index is 14.1. The maximum Gasteiger partial charge on any atom is 0.408 e. The average Bonchev–Trinajstić information content (AvgIpc) is 2.87. The first-order valence-electron chi connectivity index (χ1n) is 12.8. The zero-order chi connectivity index (χ0) is 29.2. The van der Waals surface area contributed by atoms with Gasteiger partial charge in [-0.15, -0.1) is 6.42 Å². The summed E-state index contributed by atoms with van der Waals surface area (Å²) in [4.78, 5) is 53.4. The number of hydrogen-bond acceptors (Lipinski definition) is 5. The first-order valence-corrected chi connectivity index (χ1v) is 12.8. The highest BCUT2D eigenvalue weighted by Gasteiger charge is 2.38. The van der Waals surface area contributed by atoms with Gasteiger partial charge in [-0.05, 0) is 58.2 Å². The minimum Gasteiger partial charge on any atom is -0.444 e. The molecule has 2 aromatic rings. The molecule has 2 aromatic carbocycles. The molecule has 0 aliphatic carbocycles. The van der Waals surface area contributed by atoms with Crippen LogP contribution in [0.4, 0.5) is 4.79 Å². The fraction of sp³-hybridized carbons (Fsp3) is 0.400. The number of alkyl carbamates (subject to hydrolysis) is 1. The molecule has 39 heavy (non-hydrogen) atoms. The van der Waals surface area contributed by atoms with E-state index >= 15 is 0 Å². The molecular formula is C30H38N4O5. The zero-order valence-corrected chi connectivity index (χ0v) is 23.2. The number of amides is 4. The van der Waals surface area contributed by atoms with E-state index in [1.165, 1.54) is 4.90 Å². The molecule has 4 N–H and O–H groups in total. The molecule has 0 aromatic heterocycles. The Morgan fingerprint density at radius 2 is 1.64 bits per heavy atom. The molecule has 2 atom stereocenters. The van der Waals surface area contributed by atoms with E-state index in [1.807, 2.05) is 30.3 Å². The molecule has 2 unspecified atom stereocenters. The molecule has 208 valence electrons. The molecule has 0 spiro atoms. The Bertz CT molecular complexity index is 1200. The van der Waals surface area contributed by atoms with Crippen molar-refractivity contribution in [2.24, 2.45) is 5.73 Å². The molecule has 0 radical (unpaired) electrons. The number of rotatable bonds is 11. The highest BCUT2D eigenvalue weighted by molar-refractivity contribution is 5.93. The lowest BCUT2D eigenvalue weighted by molar-refractivity contribution is -0.145. The van der Waals surface area contributed by atoms with Crippen molar-refractivity contribution >= 4 is 23.8 Å². The molecule has 0 saturated carbocycles. The Kier molecular flexibility index (Phi) is 11.1. The number of carbonyl (C=O) groups excluding carboxylic acids is 4. The van der Waals surface area contributed by atoms with Crippen molar-refractivity contribution in [2.75, 3.05) is 0 Å². The molecule has 0 aliphatic heterocycles. The summed E-state index contributed by atoms with van der Waals surface area (Å²) in [6.45, 7) is 8.82. The molecule has 0 saturated heterocycles. The molecule has 9 nitrogen and oxygen atoms in total. The number of ether oxygens (including phenoxy) is 1. The van der Waals surface area contributed by atoms with Crippen molar-refractivity contribution in [3.63, 3.8) is 0 Å². The van der Waals surface area contributed by atoms with Gasteiger partial charge in [0.25, 0.3) is 0 Å². The van der Waals surface area contributed by atoms with E-state index in [-0.39, 0.29) is 19.4 Å². The summed E-state index contributed by atoms with van der Waals surface area (Å²) in [5, 5.41) is 5.48. The largest absolute Gasteiger partial charge is 0.444 e. The van der Waals surface area contributed by atoms with Crippen LogP contribution in [-0.4, -0.2) is 46.4 Å². The van der Waals surface area contributed by atoms with Gasteiger partial charge < -0.3 is 26.0 Å². The van der Waals surface area contributed by atoms with Gasteiger partial charge in [-0.2, -0.15) is 0 Å². The zero-order valence-electron chi connectivity index (χ0n) is 23.2. The SMILES string of the molecule is C#Cc1ccccc1C(C(=O)NCc1ccccc1)N(C(=O)C(CCC(N)=O)NC(=O)OC(C)(C)C)C(C)C. The summed E-state index contributed by atoms with van der Waals surface area (Å²) in [6.07, 6.45) is 4.69. The molecule has 0 aliphatic rings. The molecular weight excluding hydrogens is 496 g/mol. The first-order chi connectivity index (χ1) is 18.3. The molecule has 0 fully saturated rings. The van der Waals surface area contributed by atoms with Crippen molar-refractivity contribution < 1.29 is 23.9 Å². The van der Waals surface area contributed by atoms with E-state index in [4.69, 9.17) is 16.9 Å². The Hall–Kier alpha value is -4.32. The summed E-state index contributed by atoms with van der Waals surface area (Å²) in [5.74, 6) is 0.932. The van der Waals surface area contributed by atoms with Crippen LogP contribution in [0.2, 0.25) is 0 Å². The van der Waals surface area contributed by atoms with E-state index < -0.39 is 47.5 Å². The Morgan fingerprint density at radius 3 is 2.21 bits per heavy atom. The van der Waals surface area contributed by atoms with Crippen molar-refractivity contribution in [2.45, 2.75) is 77.7 Å². The van der Waals surface area contributed by atoms with Crippen LogP contribution in [0, 0.1) is 12.3 Å². The fourth-order valence-electron chi connectivity index (χ4n) is 4.02. The van der Waals surface area contributed by atoms with Gasteiger partial charge in [0, 0.05) is 24.6 Å². The summed E-state index contributed by atoms with van der Waals surface area (Å²) < 4.78 is 5.34.